The topological polar surface area (TPSA) is 56.9 Å². The van der Waals surface area contributed by atoms with Gasteiger partial charge < -0.3 is 15.6 Å². The molecular weight excluding hydrogens is 262 g/mol. The zero-order valence-electron chi connectivity index (χ0n) is 10.5. The van der Waals surface area contributed by atoms with Crippen LogP contribution in [-0.4, -0.2) is 23.5 Å². The minimum Gasteiger partial charge on any atom is -0.356 e. The Labute approximate surface area is 116 Å². The Kier molecular flexibility index (Phi) is 3.44. The van der Waals surface area contributed by atoms with E-state index in [4.69, 9.17) is 11.6 Å². The molecule has 1 aliphatic carbocycles. The Morgan fingerprint density at radius 2 is 2.16 bits per heavy atom. The van der Waals surface area contributed by atoms with E-state index in [-0.39, 0.29) is 5.91 Å². The first-order chi connectivity index (χ1) is 9.24. The van der Waals surface area contributed by atoms with Gasteiger partial charge in [-0.2, -0.15) is 0 Å². The van der Waals surface area contributed by atoms with E-state index in [9.17, 15) is 4.79 Å². The highest BCUT2D eigenvalue weighted by atomic mass is 35.5. The van der Waals surface area contributed by atoms with Crippen molar-refractivity contribution in [2.24, 2.45) is 0 Å². The van der Waals surface area contributed by atoms with Gasteiger partial charge in [0.1, 0.15) is 0 Å². The standard InChI is InChI=1S/C14H16ClN3O/c15-14-10-3-1-2-4-11(10)18-12(14)7-16-8-13(19)17-9-5-6-9/h1-4,9,16,18H,5-8H2,(H,17,19). The van der Waals surface area contributed by atoms with Crippen molar-refractivity contribution in [2.45, 2.75) is 25.4 Å². The lowest BCUT2D eigenvalue weighted by molar-refractivity contribution is -0.120. The number of aromatic amines is 1. The number of aromatic nitrogens is 1. The molecule has 19 heavy (non-hydrogen) atoms. The molecule has 1 fully saturated rings. The highest BCUT2D eigenvalue weighted by Gasteiger charge is 2.22. The van der Waals surface area contributed by atoms with E-state index in [1.807, 2.05) is 24.3 Å². The number of hydrogen-bond acceptors (Lipinski definition) is 2. The van der Waals surface area contributed by atoms with Gasteiger partial charge in [0.25, 0.3) is 0 Å². The lowest BCUT2D eigenvalue weighted by atomic mass is 10.2. The molecule has 1 aromatic carbocycles. The van der Waals surface area contributed by atoms with Gasteiger partial charge in [0.05, 0.1) is 11.6 Å². The molecule has 0 saturated heterocycles. The van der Waals surface area contributed by atoms with E-state index in [1.54, 1.807) is 0 Å². The maximum atomic E-state index is 11.5. The normalized spacial score (nSPS) is 14.8. The first kappa shape index (κ1) is 12.5. The Morgan fingerprint density at radius 3 is 2.89 bits per heavy atom. The largest absolute Gasteiger partial charge is 0.356 e. The molecule has 1 heterocycles. The highest BCUT2D eigenvalue weighted by molar-refractivity contribution is 6.36. The zero-order valence-corrected chi connectivity index (χ0v) is 11.3. The lowest BCUT2D eigenvalue weighted by Gasteiger charge is -2.04. The number of rotatable bonds is 5. The number of fused-ring (bicyclic) bond motifs is 1. The number of nitrogens with one attached hydrogen (secondary N) is 3. The molecule has 1 amide bonds. The third-order valence-electron chi connectivity index (χ3n) is 3.24. The van der Waals surface area contributed by atoms with E-state index in [0.29, 0.717) is 19.1 Å². The number of amides is 1. The summed E-state index contributed by atoms with van der Waals surface area (Å²) in [4.78, 5) is 14.8. The molecule has 0 radical (unpaired) electrons. The minimum absolute atomic E-state index is 0.0507. The average Bonchev–Trinajstić information content (AvgIpc) is 3.15. The summed E-state index contributed by atoms with van der Waals surface area (Å²) in [5.74, 6) is 0.0507. The molecule has 3 N–H and O–H groups in total. The van der Waals surface area contributed by atoms with Crippen LogP contribution in [0, 0.1) is 0 Å². The first-order valence-electron chi connectivity index (χ1n) is 6.49. The van der Waals surface area contributed by atoms with Crippen molar-refractivity contribution in [1.29, 1.82) is 0 Å². The smallest absolute Gasteiger partial charge is 0.234 e. The molecule has 0 bridgehead atoms. The minimum atomic E-state index is 0.0507. The fourth-order valence-corrected chi connectivity index (χ4v) is 2.37. The molecule has 0 unspecified atom stereocenters. The van der Waals surface area contributed by atoms with Crippen molar-refractivity contribution in [1.82, 2.24) is 15.6 Å². The number of halogens is 1. The molecule has 1 aromatic heterocycles. The summed E-state index contributed by atoms with van der Waals surface area (Å²) in [7, 11) is 0. The fourth-order valence-electron chi connectivity index (χ4n) is 2.09. The summed E-state index contributed by atoms with van der Waals surface area (Å²) in [5, 5.41) is 7.79. The predicted octanol–water partition coefficient (Wildman–Crippen LogP) is 2.19. The summed E-state index contributed by atoms with van der Waals surface area (Å²) in [6, 6.07) is 8.31. The molecule has 1 aliphatic rings. The van der Waals surface area contributed by atoms with Gasteiger partial charge in [-0.1, -0.05) is 29.8 Å². The Bertz CT molecular complexity index is 604. The molecule has 4 nitrogen and oxygen atoms in total. The van der Waals surface area contributed by atoms with Gasteiger partial charge in [-0.25, -0.2) is 0 Å². The van der Waals surface area contributed by atoms with Crippen LogP contribution in [0.15, 0.2) is 24.3 Å². The maximum Gasteiger partial charge on any atom is 0.234 e. The Morgan fingerprint density at radius 1 is 1.37 bits per heavy atom. The molecule has 2 aromatic rings. The highest BCUT2D eigenvalue weighted by Crippen LogP contribution is 2.26. The maximum absolute atomic E-state index is 11.5. The second kappa shape index (κ2) is 5.23. The number of H-pyrrole nitrogens is 1. The van der Waals surface area contributed by atoms with Gasteiger partial charge in [-0.05, 0) is 18.9 Å². The van der Waals surface area contributed by atoms with Gasteiger partial charge in [-0.3, -0.25) is 4.79 Å². The quantitative estimate of drug-likeness (QED) is 0.785. The van der Waals surface area contributed by atoms with E-state index in [1.165, 1.54) is 0 Å². The van der Waals surface area contributed by atoms with E-state index < -0.39 is 0 Å². The number of para-hydroxylation sites is 1. The molecule has 0 spiro atoms. The van der Waals surface area contributed by atoms with Crippen molar-refractivity contribution in [2.75, 3.05) is 6.54 Å². The van der Waals surface area contributed by atoms with E-state index >= 15 is 0 Å². The van der Waals surface area contributed by atoms with Crippen LogP contribution in [0.4, 0.5) is 0 Å². The third-order valence-corrected chi connectivity index (χ3v) is 3.68. The predicted molar refractivity (Wildman–Crippen MR) is 76.2 cm³/mol. The average molecular weight is 278 g/mol. The molecule has 100 valence electrons. The van der Waals surface area contributed by atoms with Crippen LogP contribution in [0.25, 0.3) is 10.9 Å². The zero-order chi connectivity index (χ0) is 13.2. The van der Waals surface area contributed by atoms with E-state index in [0.717, 1.165) is 34.5 Å². The van der Waals surface area contributed by atoms with Crippen LogP contribution < -0.4 is 10.6 Å². The van der Waals surface area contributed by atoms with Crippen LogP contribution in [-0.2, 0) is 11.3 Å². The van der Waals surface area contributed by atoms with Gasteiger partial charge >= 0.3 is 0 Å². The molecule has 3 rings (SSSR count). The van der Waals surface area contributed by atoms with Crippen LogP contribution in [0.5, 0.6) is 0 Å². The molecule has 1 saturated carbocycles. The van der Waals surface area contributed by atoms with Crippen molar-refractivity contribution in [3.63, 3.8) is 0 Å². The van der Waals surface area contributed by atoms with Gasteiger partial charge in [0.15, 0.2) is 0 Å². The Hall–Kier alpha value is -1.52. The summed E-state index contributed by atoms with van der Waals surface area (Å²) in [6.07, 6.45) is 2.22. The van der Waals surface area contributed by atoms with Crippen LogP contribution >= 0.6 is 11.6 Å². The number of carbonyl (C=O) groups excluding carboxylic acids is 1. The second-order valence-corrected chi connectivity index (χ2v) is 5.29. The second-order valence-electron chi connectivity index (χ2n) is 4.91. The van der Waals surface area contributed by atoms with Gasteiger partial charge in [-0.15, -0.1) is 0 Å². The SMILES string of the molecule is O=C(CNCc1[nH]c2ccccc2c1Cl)NC1CC1. The van der Waals surface area contributed by atoms with Crippen molar-refractivity contribution >= 4 is 28.4 Å². The van der Waals surface area contributed by atoms with Crippen molar-refractivity contribution < 1.29 is 4.79 Å². The summed E-state index contributed by atoms with van der Waals surface area (Å²) >= 11 is 6.29. The van der Waals surface area contributed by atoms with E-state index in [2.05, 4.69) is 15.6 Å². The van der Waals surface area contributed by atoms with Crippen LogP contribution in [0.2, 0.25) is 5.02 Å². The first-order valence-corrected chi connectivity index (χ1v) is 6.87. The van der Waals surface area contributed by atoms with Gasteiger partial charge in [0.2, 0.25) is 5.91 Å². The third kappa shape index (κ3) is 2.91. The summed E-state index contributed by atoms with van der Waals surface area (Å²) < 4.78 is 0. The van der Waals surface area contributed by atoms with Crippen molar-refractivity contribution in [3.05, 3.63) is 35.0 Å². The number of carbonyl (C=O) groups is 1. The lowest BCUT2D eigenvalue weighted by Crippen LogP contribution is -2.34. The Balaban J connectivity index is 1.58. The van der Waals surface area contributed by atoms with Gasteiger partial charge in [0, 0.05) is 29.2 Å². The molecule has 0 atom stereocenters. The molecular formula is C14H16ClN3O. The monoisotopic (exact) mass is 277 g/mol. The fraction of sp³-hybridized carbons (Fsp3) is 0.357. The molecule has 0 aliphatic heterocycles. The summed E-state index contributed by atoms with van der Waals surface area (Å²) in [5.41, 5.74) is 1.94. The van der Waals surface area contributed by atoms with Crippen molar-refractivity contribution in [3.8, 4) is 0 Å². The number of hydrogen-bond donors (Lipinski definition) is 3. The van der Waals surface area contributed by atoms with Crippen LogP contribution in [0.1, 0.15) is 18.5 Å². The summed E-state index contributed by atoms with van der Waals surface area (Å²) in [6.45, 7) is 0.883. The van der Waals surface area contributed by atoms with Crippen LogP contribution in [0.3, 0.4) is 0 Å². The molecule has 5 heteroatoms. The number of benzene rings is 1.